The Hall–Kier alpha value is -3.75. The Balaban J connectivity index is 1.73. The summed E-state index contributed by atoms with van der Waals surface area (Å²) >= 11 is 0. The van der Waals surface area contributed by atoms with E-state index in [4.69, 9.17) is 18.9 Å². The lowest BCUT2D eigenvalue weighted by atomic mass is 9.42. The second-order valence-electron chi connectivity index (χ2n) is 13.6. The molecule has 4 aliphatic rings. The minimum Gasteiger partial charge on any atom is -0.461 e. The van der Waals surface area contributed by atoms with E-state index in [0.29, 0.717) is 18.4 Å². The van der Waals surface area contributed by atoms with Crippen LogP contribution in [0.25, 0.3) is 6.08 Å². The summed E-state index contributed by atoms with van der Waals surface area (Å²) < 4.78 is 24.5. The normalized spacial score (nSPS) is 38.4. The molecule has 44 heavy (non-hydrogen) atoms. The van der Waals surface area contributed by atoms with Gasteiger partial charge in [0.2, 0.25) is 0 Å². The number of ketones is 1. The van der Waals surface area contributed by atoms with Crippen molar-refractivity contribution < 1.29 is 42.9 Å². The maximum Gasteiger partial charge on any atom is 0.331 e. The van der Waals surface area contributed by atoms with E-state index in [2.05, 4.69) is 6.58 Å². The van der Waals surface area contributed by atoms with E-state index in [1.165, 1.54) is 26.8 Å². The van der Waals surface area contributed by atoms with Crippen LogP contribution in [-0.2, 0) is 42.9 Å². The zero-order valence-electron chi connectivity index (χ0n) is 26.5. The number of carbonyl (C=O) groups is 5. The van der Waals surface area contributed by atoms with Crippen LogP contribution in [0.3, 0.4) is 0 Å². The Morgan fingerprint density at radius 3 is 2.02 bits per heavy atom. The Bertz CT molecular complexity index is 1440. The minimum atomic E-state index is -1.27. The first-order valence-corrected chi connectivity index (χ1v) is 15.2. The number of benzene rings is 1. The highest BCUT2D eigenvalue weighted by atomic mass is 16.6. The smallest absolute Gasteiger partial charge is 0.331 e. The molecule has 4 saturated carbocycles. The van der Waals surface area contributed by atoms with Crippen LogP contribution in [0, 0.1) is 33.5 Å². The Labute approximate surface area is 258 Å². The second kappa shape index (κ2) is 10.7. The van der Waals surface area contributed by atoms with Gasteiger partial charge in [0.25, 0.3) is 0 Å². The summed E-state index contributed by atoms with van der Waals surface area (Å²) in [5, 5.41) is 0. The zero-order valence-corrected chi connectivity index (χ0v) is 26.5. The highest BCUT2D eigenvalue weighted by molar-refractivity contribution is 5.88. The third-order valence-electron chi connectivity index (χ3n) is 11.4. The second-order valence-corrected chi connectivity index (χ2v) is 13.6. The van der Waals surface area contributed by atoms with Crippen LogP contribution in [0.1, 0.15) is 73.3 Å². The standard InChI is InChI=1S/C35H42O9/c1-19-26(39)18-25-29(41-21(3)36)35-20(2)27(44-28(40)15-14-24-12-10-9-11-13-24)16-17-33(35,8)30(42-22(4)37)31(43-23(5)38)34(19,35)32(25,6)7/h9-15,19,25,27,29-31H,2,16-18H2,1,3-8H3/b15-14+/t19-,25+,27+,29-,30+,31+,33+,34-,35-/m1/s1. The van der Waals surface area contributed by atoms with Crippen LogP contribution in [0.4, 0.5) is 0 Å². The Kier molecular flexibility index (Phi) is 7.70. The molecule has 0 aromatic heterocycles. The van der Waals surface area contributed by atoms with E-state index < -0.39 is 81.8 Å². The fourth-order valence-corrected chi connectivity index (χ4v) is 10.2. The number of hydrogen-bond donors (Lipinski definition) is 0. The summed E-state index contributed by atoms with van der Waals surface area (Å²) in [4.78, 5) is 65.4. The molecule has 4 aliphatic carbocycles. The van der Waals surface area contributed by atoms with Gasteiger partial charge in [-0.3, -0.25) is 19.2 Å². The molecule has 5 rings (SSSR count). The number of Topliss-reactive ketones (excluding diaryl/α,β-unsaturated/α-hetero) is 1. The summed E-state index contributed by atoms with van der Waals surface area (Å²) in [6, 6.07) is 9.34. The summed E-state index contributed by atoms with van der Waals surface area (Å²) in [5.41, 5.74) is -2.97. The van der Waals surface area contributed by atoms with Crippen molar-refractivity contribution in [2.75, 3.05) is 0 Å². The van der Waals surface area contributed by atoms with Crippen molar-refractivity contribution in [3.63, 3.8) is 0 Å². The van der Waals surface area contributed by atoms with E-state index in [9.17, 15) is 24.0 Å². The van der Waals surface area contributed by atoms with Crippen molar-refractivity contribution in [1.82, 2.24) is 0 Å². The predicted molar refractivity (Wildman–Crippen MR) is 159 cm³/mol. The Morgan fingerprint density at radius 1 is 0.864 bits per heavy atom. The van der Waals surface area contributed by atoms with Crippen molar-refractivity contribution in [2.45, 2.75) is 92.1 Å². The highest BCUT2D eigenvalue weighted by Gasteiger charge is 2.92. The van der Waals surface area contributed by atoms with E-state index in [1.54, 1.807) is 6.08 Å². The molecule has 236 valence electrons. The van der Waals surface area contributed by atoms with Crippen LogP contribution in [0.2, 0.25) is 0 Å². The van der Waals surface area contributed by atoms with Crippen LogP contribution >= 0.6 is 0 Å². The molecule has 2 bridgehead atoms. The largest absolute Gasteiger partial charge is 0.461 e. The van der Waals surface area contributed by atoms with Crippen LogP contribution < -0.4 is 0 Å². The zero-order chi connectivity index (χ0) is 32.4. The molecule has 9 nitrogen and oxygen atoms in total. The van der Waals surface area contributed by atoms with Crippen molar-refractivity contribution in [1.29, 1.82) is 0 Å². The maximum absolute atomic E-state index is 13.9. The molecule has 0 aliphatic heterocycles. The molecule has 2 spiro atoms. The van der Waals surface area contributed by atoms with Crippen LogP contribution in [-0.4, -0.2) is 54.1 Å². The SMILES string of the molecule is C=C1[C@@H](OC(=O)/C=C/c2ccccc2)CC[C@@]2(C)[C@@H](OC(C)=O)[C@H](OC(C)=O)[C@@]34[C@H](C)C(=O)C[C@@H]([C@@H](OC(C)=O)[C@@]132)C4(C)C. The van der Waals surface area contributed by atoms with Crippen molar-refractivity contribution in [2.24, 2.45) is 33.5 Å². The van der Waals surface area contributed by atoms with Crippen molar-refractivity contribution in [3.05, 3.63) is 54.1 Å². The van der Waals surface area contributed by atoms with Gasteiger partial charge in [-0.1, -0.05) is 64.6 Å². The van der Waals surface area contributed by atoms with Gasteiger partial charge in [0, 0.05) is 55.9 Å². The molecule has 0 saturated heterocycles. The number of carbonyl (C=O) groups excluding carboxylic acids is 5. The van der Waals surface area contributed by atoms with Crippen molar-refractivity contribution in [3.8, 4) is 0 Å². The molecule has 0 unspecified atom stereocenters. The van der Waals surface area contributed by atoms with Gasteiger partial charge in [-0.15, -0.1) is 0 Å². The lowest BCUT2D eigenvalue weighted by molar-refractivity contribution is -0.194. The number of ether oxygens (including phenoxy) is 4. The molecule has 4 fully saturated rings. The molecule has 0 radical (unpaired) electrons. The van der Waals surface area contributed by atoms with Gasteiger partial charge in [-0.2, -0.15) is 0 Å². The fourth-order valence-electron chi connectivity index (χ4n) is 10.2. The quantitative estimate of drug-likeness (QED) is 0.190. The van der Waals surface area contributed by atoms with Gasteiger partial charge in [-0.05, 0) is 35.5 Å². The molecule has 0 amide bonds. The van der Waals surface area contributed by atoms with Crippen molar-refractivity contribution >= 4 is 35.7 Å². The first-order chi connectivity index (χ1) is 20.6. The van der Waals surface area contributed by atoms with E-state index in [-0.39, 0.29) is 12.2 Å². The number of fused-ring (bicyclic) bond motifs is 1. The summed E-state index contributed by atoms with van der Waals surface area (Å²) in [5.74, 6) is -3.51. The molecule has 9 atom stereocenters. The molecule has 9 heteroatoms. The topological polar surface area (TPSA) is 122 Å². The maximum atomic E-state index is 13.9. The third-order valence-corrected chi connectivity index (χ3v) is 11.4. The minimum absolute atomic E-state index is 0.0657. The average Bonchev–Trinajstić information content (AvgIpc) is 3.18. The summed E-state index contributed by atoms with van der Waals surface area (Å²) in [6.45, 7) is 16.2. The Morgan fingerprint density at radius 2 is 1.43 bits per heavy atom. The molecular formula is C35H42O9. The van der Waals surface area contributed by atoms with Gasteiger partial charge in [0.05, 0.1) is 5.41 Å². The lowest BCUT2D eigenvalue weighted by Crippen LogP contribution is -2.63. The third kappa shape index (κ3) is 4.07. The monoisotopic (exact) mass is 606 g/mol. The van der Waals surface area contributed by atoms with Gasteiger partial charge < -0.3 is 18.9 Å². The lowest BCUT2D eigenvalue weighted by Gasteiger charge is -2.60. The highest BCUT2D eigenvalue weighted by Crippen LogP contribution is 2.86. The van der Waals surface area contributed by atoms with Gasteiger partial charge >= 0.3 is 23.9 Å². The van der Waals surface area contributed by atoms with E-state index in [1.807, 2.05) is 58.0 Å². The van der Waals surface area contributed by atoms with E-state index >= 15 is 0 Å². The molecular weight excluding hydrogens is 564 g/mol. The van der Waals surface area contributed by atoms with Gasteiger partial charge in [0.1, 0.15) is 30.2 Å². The van der Waals surface area contributed by atoms with Gasteiger partial charge in [0.15, 0.2) is 0 Å². The van der Waals surface area contributed by atoms with Gasteiger partial charge in [-0.25, -0.2) is 4.79 Å². The summed E-state index contributed by atoms with van der Waals surface area (Å²) in [7, 11) is 0. The van der Waals surface area contributed by atoms with Crippen LogP contribution in [0.15, 0.2) is 48.6 Å². The number of esters is 4. The molecule has 1 aromatic rings. The summed E-state index contributed by atoms with van der Waals surface area (Å²) in [6.07, 6.45) is 0.113. The fraction of sp³-hybridized carbons (Fsp3) is 0.571. The predicted octanol–water partition coefficient (Wildman–Crippen LogP) is 5.01. The first kappa shape index (κ1) is 31.7. The molecule has 1 aromatic carbocycles. The average molecular weight is 607 g/mol. The molecule has 0 heterocycles. The van der Waals surface area contributed by atoms with Crippen LogP contribution in [0.5, 0.6) is 0 Å². The first-order valence-electron chi connectivity index (χ1n) is 15.2. The molecule has 0 N–H and O–H groups in total. The van der Waals surface area contributed by atoms with E-state index in [0.717, 1.165) is 5.56 Å². The number of rotatable bonds is 6. The number of hydrogen-bond acceptors (Lipinski definition) is 9.